The predicted molar refractivity (Wildman–Crippen MR) is 91.2 cm³/mol. The molecule has 0 aromatic heterocycles. The van der Waals surface area contributed by atoms with Crippen molar-refractivity contribution >= 4 is 23.4 Å². The van der Waals surface area contributed by atoms with Crippen molar-refractivity contribution in [3.8, 4) is 11.1 Å². The van der Waals surface area contributed by atoms with Gasteiger partial charge in [-0.3, -0.25) is 4.79 Å². The standard InChI is InChI=1S/C18H18FNO2S/c1-23-17-13(12-6-3-2-4-7-12)9-10-14(16(17)19)20-11-5-8-15(21)18(20)22/h2-4,6-7,9-10,15,21H,5,8,11H2,1H3. The molecule has 1 atom stereocenters. The number of hydrogen-bond donors (Lipinski definition) is 1. The van der Waals surface area contributed by atoms with Gasteiger partial charge in [-0.05, 0) is 36.3 Å². The number of nitrogens with zero attached hydrogens (tertiary/aromatic N) is 1. The maximum atomic E-state index is 15.0. The second-order valence-electron chi connectivity index (χ2n) is 5.49. The minimum absolute atomic E-state index is 0.248. The van der Waals surface area contributed by atoms with Gasteiger partial charge < -0.3 is 10.0 Å². The average molecular weight is 331 g/mol. The molecule has 3 rings (SSSR count). The Morgan fingerprint density at radius 1 is 1.22 bits per heavy atom. The Hall–Kier alpha value is -1.85. The Morgan fingerprint density at radius 3 is 2.65 bits per heavy atom. The lowest BCUT2D eigenvalue weighted by molar-refractivity contribution is -0.128. The first-order chi connectivity index (χ1) is 11.1. The molecule has 1 aliphatic heterocycles. The third-order valence-electron chi connectivity index (χ3n) is 4.07. The molecule has 0 radical (unpaired) electrons. The van der Waals surface area contributed by atoms with E-state index in [-0.39, 0.29) is 5.69 Å². The number of anilines is 1. The van der Waals surface area contributed by atoms with E-state index in [1.165, 1.54) is 16.7 Å². The minimum Gasteiger partial charge on any atom is -0.383 e. The zero-order chi connectivity index (χ0) is 16.4. The van der Waals surface area contributed by atoms with Gasteiger partial charge >= 0.3 is 0 Å². The van der Waals surface area contributed by atoms with E-state index < -0.39 is 17.8 Å². The van der Waals surface area contributed by atoms with E-state index in [4.69, 9.17) is 0 Å². The van der Waals surface area contributed by atoms with Crippen LogP contribution in [0.3, 0.4) is 0 Å². The fraction of sp³-hybridized carbons (Fsp3) is 0.278. The first-order valence-corrected chi connectivity index (χ1v) is 8.77. The van der Waals surface area contributed by atoms with Crippen molar-refractivity contribution in [1.82, 2.24) is 0 Å². The Kier molecular flexibility index (Phi) is 4.68. The summed E-state index contributed by atoms with van der Waals surface area (Å²) >= 11 is 1.32. The number of aliphatic hydroxyl groups excluding tert-OH is 1. The highest BCUT2D eigenvalue weighted by molar-refractivity contribution is 7.98. The largest absolute Gasteiger partial charge is 0.383 e. The number of halogens is 1. The number of rotatable bonds is 3. The smallest absolute Gasteiger partial charge is 0.255 e. The van der Waals surface area contributed by atoms with Crippen LogP contribution in [0.2, 0.25) is 0 Å². The molecule has 1 fully saturated rings. The molecule has 1 unspecified atom stereocenters. The van der Waals surface area contributed by atoms with Gasteiger partial charge in [0.15, 0.2) is 5.82 Å². The highest BCUT2D eigenvalue weighted by atomic mass is 32.2. The van der Waals surface area contributed by atoms with Gasteiger partial charge in [0, 0.05) is 6.54 Å². The molecule has 3 nitrogen and oxygen atoms in total. The van der Waals surface area contributed by atoms with Gasteiger partial charge in [0.25, 0.3) is 5.91 Å². The summed E-state index contributed by atoms with van der Waals surface area (Å²) in [6, 6.07) is 13.1. The SMILES string of the molecule is CSc1c(-c2ccccc2)ccc(N2CCCC(O)C2=O)c1F. The maximum Gasteiger partial charge on any atom is 0.255 e. The van der Waals surface area contributed by atoms with Crippen LogP contribution in [0.5, 0.6) is 0 Å². The zero-order valence-electron chi connectivity index (χ0n) is 12.8. The third kappa shape index (κ3) is 2.99. The molecule has 1 N–H and O–H groups in total. The van der Waals surface area contributed by atoms with E-state index in [1.54, 1.807) is 6.07 Å². The highest BCUT2D eigenvalue weighted by Gasteiger charge is 2.30. The molecule has 5 heteroatoms. The summed E-state index contributed by atoms with van der Waals surface area (Å²) in [6.45, 7) is 0.436. The summed E-state index contributed by atoms with van der Waals surface area (Å²) in [7, 11) is 0. The van der Waals surface area contributed by atoms with Crippen LogP contribution < -0.4 is 4.90 Å². The van der Waals surface area contributed by atoms with Crippen molar-refractivity contribution in [2.45, 2.75) is 23.8 Å². The first-order valence-electron chi connectivity index (χ1n) is 7.55. The first kappa shape index (κ1) is 16.0. The van der Waals surface area contributed by atoms with Crippen LogP contribution in [0.25, 0.3) is 11.1 Å². The molecule has 0 aliphatic carbocycles. The van der Waals surface area contributed by atoms with E-state index in [0.717, 1.165) is 11.1 Å². The van der Waals surface area contributed by atoms with Crippen LogP contribution in [-0.4, -0.2) is 29.9 Å². The summed E-state index contributed by atoms with van der Waals surface area (Å²) < 4.78 is 15.0. The maximum absolute atomic E-state index is 15.0. The fourth-order valence-electron chi connectivity index (χ4n) is 2.89. The minimum atomic E-state index is -1.03. The van der Waals surface area contributed by atoms with Crippen LogP contribution in [0, 0.1) is 5.82 Å². The van der Waals surface area contributed by atoms with Gasteiger partial charge in [-0.2, -0.15) is 0 Å². The van der Waals surface area contributed by atoms with Crippen molar-refractivity contribution in [3.63, 3.8) is 0 Å². The Balaban J connectivity index is 2.06. The topological polar surface area (TPSA) is 40.5 Å². The molecule has 0 saturated carbocycles. The lowest BCUT2D eigenvalue weighted by atomic mass is 10.0. The number of aliphatic hydroxyl groups is 1. The van der Waals surface area contributed by atoms with E-state index in [1.807, 2.05) is 42.7 Å². The summed E-state index contributed by atoms with van der Waals surface area (Å²) in [4.78, 5) is 14.0. The van der Waals surface area contributed by atoms with Crippen molar-refractivity contribution in [2.24, 2.45) is 0 Å². The van der Waals surface area contributed by atoms with Crippen molar-refractivity contribution in [3.05, 3.63) is 48.3 Å². The third-order valence-corrected chi connectivity index (χ3v) is 4.87. The second-order valence-corrected chi connectivity index (χ2v) is 6.31. The number of thioether (sulfide) groups is 1. The number of amides is 1. The van der Waals surface area contributed by atoms with Crippen LogP contribution in [0.1, 0.15) is 12.8 Å². The number of carbonyl (C=O) groups excluding carboxylic acids is 1. The van der Waals surface area contributed by atoms with E-state index in [2.05, 4.69) is 0 Å². The average Bonchev–Trinajstić information content (AvgIpc) is 2.58. The fourth-order valence-corrected chi connectivity index (χ4v) is 3.58. The van der Waals surface area contributed by atoms with Crippen LogP contribution in [-0.2, 0) is 4.79 Å². The normalized spacial score (nSPS) is 18.3. The summed E-state index contributed by atoms with van der Waals surface area (Å²) in [5.41, 5.74) is 1.99. The summed E-state index contributed by atoms with van der Waals surface area (Å²) in [5.74, 6) is -0.823. The molecule has 2 aromatic rings. The molecule has 23 heavy (non-hydrogen) atoms. The molecule has 0 bridgehead atoms. The molecule has 2 aromatic carbocycles. The second kappa shape index (κ2) is 6.72. The molecule has 1 heterocycles. The summed E-state index contributed by atoms with van der Waals surface area (Å²) in [6.07, 6.45) is 1.90. The quantitative estimate of drug-likeness (QED) is 0.872. The van der Waals surface area contributed by atoms with E-state index >= 15 is 4.39 Å². The Bertz CT molecular complexity index is 720. The van der Waals surface area contributed by atoms with Gasteiger partial charge in [0.1, 0.15) is 6.10 Å². The van der Waals surface area contributed by atoms with Crippen molar-refractivity contribution in [1.29, 1.82) is 0 Å². The molecule has 1 amide bonds. The van der Waals surface area contributed by atoms with Gasteiger partial charge in [0.05, 0.1) is 10.6 Å². The molecular weight excluding hydrogens is 313 g/mol. The van der Waals surface area contributed by atoms with Crippen LogP contribution in [0.4, 0.5) is 10.1 Å². The predicted octanol–water partition coefficient (Wildman–Crippen LogP) is 3.70. The van der Waals surface area contributed by atoms with E-state index in [0.29, 0.717) is 24.3 Å². The Labute approximate surface area is 139 Å². The molecule has 120 valence electrons. The van der Waals surface area contributed by atoms with Gasteiger partial charge in [-0.15, -0.1) is 11.8 Å². The van der Waals surface area contributed by atoms with Gasteiger partial charge in [0.2, 0.25) is 0 Å². The molecule has 1 aliphatic rings. The zero-order valence-corrected chi connectivity index (χ0v) is 13.6. The van der Waals surface area contributed by atoms with Crippen LogP contribution in [0.15, 0.2) is 47.4 Å². The number of piperidine rings is 1. The highest BCUT2D eigenvalue weighted by Crippen LogP contribution is 2.37. The number of benzene rings is 2. The molecular formula is C18H18FNO2S. The van der Waals surface area contributed by atoms with Crippen LogP contribution >= 0.6 is 11.8 Å². The lowest BCUT2D eigenvalue weighted by Crippen LogP contribution is -2.44. The molecule has 1 saturated heterocycles. The van der Waals surface area contributed by atoms with Crippen molar-refractivity contribution < 1.29 is 14.3 Å². The van der Waals surface area contributed by atoms with Gasteiger partial charge in [-0.1, -0.05) is 36.4 Å². The van der Waals surface area contributed by atoms with E-state index in [9.17, 15) is 9.90 Å². The monoisotopic (exact) mass is 331 g/mol. The molecule has 0 spiro atoms. The van der Waals surface area contributed by atoms with Crippen molar-refractivity contribution in [2.75, 3.05) is 17.7 Å². The number of hydrogen-bond acceptors (Lipinski definition) is 3. The van der Waals surface area contributed by atoms with Gasteiger partial charge in [-0.25, -0.2) is 4.39 Å². The lowest BCUT2D eigenvalue weighted by Gasteiger charge is -2.30. The summed E-state index contributed by atoms with van der Waals surface area (Å²) in [5, 5.41) is 9.74. The number of carbonyl (C=O) groups is 1. The Morgan fingerprint density at radius 2 is 1.96 bits per heavy atom.